The van der Waals surface area contributed by atoms with Gasteiger partial charge in [0.25, 0.3) is 0 Å². The summed E-state index contributed by atoms with van der Waals surface area (Å²) in [7, 11) is 0. The van der Waals surface area contributed by atoms with Gasteiger partial charge in [0.1, 0.15) is 0 Å². The summed E-state index contributed by atoms with van der Waals surface area (Å²) in [6.45, 7) is 2.46. The summed E-state index contributed by atoms with van der Waals surface area (Å²) in [5.41, 5.74) is 1.77. The van der Waals surface area contributed by atoms with Gasteiger partial charge in [-0.25, -0.2) is 0 Å². The predicted molar refractivity (Wildman–Crippen MR) is 114 cm³/mol. The molecule has 5 heteroatoms. The molecular formula is C23H28BrNO3. The van der Waals surface area contributed by atoms with Crippen molar-refractivity contribution < 1.29 is 15.0 Å². The molecule has 0 aromatic heterocycles. The van der Waals surface area contributed by atoms with Crippen molar-refractivity contribution in [1.82, 2.24) is 4.90 Å². The van der Waals surface area contributed by atoms with Crippen molar-refractivity contribution >= 4 is 21.8 Å². The van der Waals surface area contributed by atoms with Crippen LogP contribution in [-0.2, 0) is 10.2 Å². The number of likely N-dealkylation sites (tertiary alicyclic amines) is 1. The molecule has 1 saturated heterocycles. The molecular weight excluding hydrogens is 418 g/mol. The van der Waals surface area contributed by atoms with Crippen LogP contribution in [0.1, 0.15) is 49.8 Å². The second kappa shape index (κ2) is 9.21. The Morgan fingerprint density at radius 1 is 1.14 bits per heavy atom. The van der Waals surface area contributed by atoms with Crippen LogP contribution in [0.15, 0.2) is 59.1 Å². The Hall–Kier alpha value is -1.69. The second-order valence-electron chi connectivity index (χ2n) is 7.68. The maximum atomic E-state index is 13.3. The molecule has 0 unspecified atom stereocenters. The number of rotatable bonds is 7. The molecule has 28 heavy (non-hydrogen) atoms. The van der Waals surface area contributed by atoms with Gasteiger partial charge in [-0.15, -0.1) is 0 Å². The third-order valence-corrected chi connectivity index (χ3v) is 6.41. The van der Waals surface area contributed by atoms with Crippen LogP contribution in [0.4, 0.5) is 0 Å². The van der Waals surface area contributed by atoms with E-state index in [9.17, 15) is 15.0 Å². The van der Waals surface area contributed by atoms with Gasteiger partial charge >= 0.3 is 0 Å². The zero-order chi connectivity index (χ0) is 20.1. The van der Waals surface area contributed by atoms with E-state index in [1.54, 1.807) is 0 Å². The molecule has 3 rings (SSSR count). The fraction of sp³-hybridized carbons (Fsp3) is 0.435. The van der Waals surface area contributed by atoms with Gasteiger partial charge in [0.05, 0.1) is 18.8 Å². The van der Waals surface area contributed by atoms with Crippen LogP contribution in [0.5, 0.6) is 0 Å². The van der Waals surface area contributed by atoms with E-state index in [2.05, 4.69) is 35.0 Å². The summed E-state index contributed by atoms with van der Waals surface area (Å²) in [6.07, 6.45) is 1.54. The summed E-state index contributed by atoms with van der Waals surface area (Å²) in [5, 5.41) is 19.6. The maximum Gasteiger partial charge on any atom is 0.223 e. The lowest BCUT2D eigenvalue weighted by molar-refractivity contribution is -0.139. The number of carbonyl (C=O) groups is 1. The predicted octanol–water partition coefficient (Wildman–Crippen LogP) is 4.20. The smallest absolute Gasteiger partial charge is 0.223 e. The molecule has 1 amide bonds. The van der Waals surface area contributed by atoms with E-state index in [1.165, 1.54) is 0 Å². The lowest BCUT2D eigenvalue weighted by Gasteiger charge is -2.45. The molecule has 2 aromatic carbocycles. The van der Waals surface area contributed by atoms with Gasteiger partial charge in [-0.3, -0.25) is 4.79 Å². The van der Waals surface area contributed by atoms with Gasteiger partial charge in [-0.05, 0) is 42.5 Å². The molecule has 1 fully saturated rings. The number of nitrogens with zero attached hydrogens (tertiary/aromatic N) is 1. The average Bonchev–Trinajstić information content (AvgIpc) is 2.72. The van der Waals surface area contributed by atoms with Crippen molar-refractivity contribution in [3.8, 4) is 0 Å². The first kappa shape index (κ1) is 21.0. The van der Waals surface area contributed by atoms with E-state index in [-0.39, 0.29) is 18.6 Å². The van der Waals surface area contributed by atoms with Crippen molar-refractivity contribution in [1.29, 1.82) is 0 Å². The highest BCUT2D eigenvalue weighted by Gasteiger charge is 2.43. The molecule has 2 aromatic rings. The highest BCUT2D eigenvalue weighted by atomic mass is 79.9. The third-order valence-electron chi connectivity index (χ3n) is 5.88. The third kappa shape index (κ3) is 4.48. The van der Waals surface area contributed by atoms with Gasteiger partial charge in [0.15, 0.2) is 0 Å². The zero-order valence-electron chi connectivity index (χ0n) is 16.2. The number of aliphatic hydroxyl groups excluding tert-OH is 2. The zero-order valence-corrected chi connectivity index (χ0v) is 17.8. The molecule has 150 valence electrons. The SMILES string of the molecule is CC[C@@H](c1ccc(Br)cc1)N1CC[C@](C[C@H](O)CO)(c2ccccc2)CC1=O. The summed E-state index contributed by atoms with van der Waals surface area (Å²) < 4.78 is 1.03. The van der Waals surface area contributed by atoms with Gasteiger partial charge < -0.3 is 15.1 Å². The monoisotopic (exact) mass is 445 g/mol. The first-order valence-corrected chi connectivity index (χ1v) is 10.7. The Balaban J connectivity index is 1.86. The lowest BCUT2D eigenvalue weighted by Crippen LogP contribution is -2.49. The number of benzene rings is 2. The first-order chi connectivity index (χ1) is 13.5. The van der Waals surface area contributed by atoms with E-state index in [0.717, 1.165) is 28.4 Å². The van der Waals surface area contributed by atoms with Crippen LogP contribution in [-0.4, -0.2) is 40.3 Å². The highest BCUT2D eigenvalue weighted by molar-refractivity contribution is 9.10. The molecule has 3 atom stereocenters. The number of carbonyl (C=O) groups excluding carboxylic acids is 1. The fourth-order valence-corrected chi connectivity index (χ4v) is 4.70. The van der Waals surface area contributed by atoms with Crippen LogP contribution in [0.2, 0.25) is 0 Å². The van der Waals surface area contributed by atoms with Crippen molar-refractivity contribution in [2.24, 2.45) is 0 Å². The fourth-order valence-electron chi connectivity index (χ4n) is 4.43. The molecule has 0 bridgehead atoms. The van der Waals surface area contributed by atoms with Crippen molar-refractivity contribution in [2.45, 2.75) is 50.2 Å². The Labute approximate surface area is 175 Å². The Morgan fingerprint density at radius 3 is 2.39 bits per heavy atom. The topological polar surface area (TPSA) is 60.8 Å². The number of hydrogen-bond donors (Lipinski definition) is 2. The molecule has 1 aliphatic heterocycles. The van der Waals surface area contributed by atoms with Gasteiger partial charge in [-0.2, -0.15) is 0 Å². The van der Waals surface area contributed by atoms with Crippen molar-refractivity contribution in [3.05, 3.63) is 70.2 Å². The minimum Gasteiger partial charge on any atom is -0.394 e. The number of amides is 1. The van der Waals surface area contributed by atoms with Gasteiger partial charge in [0, 0.05) is 22.9 Å². The minimum atomic E-state index is -0.826. The minimum absolute atomic E-state index is 0.0529. The number of hydrogen-bond acceptors (Lipinski definition) is 3. The van der Waals surface area contributed by atoms with Crippen LogP contribution in [0.25, 0.3) is 0 Å². The number of aliphatic hydroxyl groups is 2. The summed E-state index contributed by atoms with van der Waals surface area (Å²) >= 11 is 3.47. The van der Waals surface area contributed by atoms with Crippen LogP contribution >= 0.6 is 15.9 Å². The van der Waals surface area contributed by atoms with Crippen molar-refractivity contribution in [2.75, 3.05) is 13.2 Å². The van der Waals surface area contributed by atoms with E-state index >= 15 is 0 Å². The van der Waals surface area contributed by atoms with Crippen molar-refractivity contribution in [3.63, 3.8) is 0 Å². The summed E-state index contributed by atoms with van der Waals surface area (Å²) in [4.78, 5) is 15.2. The number of halogens is 1. The summed E-state index contributed by atoms with van der Waals surface area (Å²) in [5.74, 6) is 0.106. The largest absolute Gasteiger partial charge is 0.394 e. The highest BCUT2D eigenvalue weighted by Crippen LogP contribution is 2.42. The van der Waals surface area contributed by atoms with E-state index in [1.807, 2.05) is 47.4 Å². The van der Waals surface area contributed by atoms with Gasteiger partial charge in [-0.1, -0.05) is 65.3 Å². The van der Waals surface area contributed by atoms with E-state index in [4.69, 9.17) is 0 Å². The first-order valence-electron chi connectivity index (χ1n) is 9.88. The second-order valence-corrected chi connectivity index (χ2v) is 8.59. The van der Waals surface area contributed by atoms with Crippen LogP contribution in [0.3, 0.4) is 0 Å². The van der Waals surface area contributed by atoms with E-state index in [0.29, 0.717) is 19.4 Å². The van der Waals surface area contributed by atoms with Crippen LogP contribution in [0, 0.1) is 0 Å². The lowest BCUT2D eigenvalue weighted by atomic mass is 9.68. The molecule has 1 aliphatic rings. The summed E-state index contributed by atoms with van der Waals surface area (Å²) in [6, 6.07) is 18.2. The molecule has 1 heterocycles. The Kier molecular flexibility index (Phi) is 6.91. The van der Waals surface area contributed by atoms with E-state index < -0.39 is 11.5 Å². The molecule has 0 aliphatic carbocycles. The molecule has 0 spiro atoms. The normalized spacial score (nSPS) is 22.1. The number of piperidine rings is 1. The molecule has 0 radical (unpaired) electrons. The average molecular weight is 446 g/mol. The maximum absolute atomic E-state index is 13.3. The molecule has 0 saturated carbocycles. The van der Waals surface area contributed by atoms with Crippen LogP contribution < -0.4 is 0 Å². The quantitative estimate of drug-likeness (QED) is 0.670. The van der Waals surface area contributed by atoms with Gasteiger partial charge in [0.2, 0.25) is 5.91 Å². The molecule has 4 nitrogen and oxygen atoms in total. The Morgan fingerprint density at radius 2 is 1.82 bits per heavy atom. The molecule has 2 N–H and O–H groups in total. The Bertz CT molecular complexity index is 780. The standard InChI is InChI=1S/C23H28BrNO3/c1-2-21(17-8-10-19(24)11-9-17)25-13-12-23(15-22(25)28,14-20(27)16-26)18-6-4-3-5-7-18/h3-11,20-21,26-27H,2,12-16H2,1H3/t20-,21-,23+/m0/s1.